The molecule has 1 heterocycles. The fraction of sp³-hybridized carbons (Fsp3) is 0.286. The van der Waals surface area contributed by atoms with E-state index in [1.54, 1.807) is 12.3 Å². The summed E-state index contributed by atoms with van der Waals surface area (Å²) in [5, 5.41) is 8.62. The van der Waals surface area contributed by atoms with Crippen molar-refractivity contribution in [2.45, 2.75) is 13.0 Å². The largest absolute Gasteiger partial charge is 0.390 e. The molecule has 54 valence electrons. The number of aromatic amines is 1. The molecular weight excluding hydrogens is 128 g/mol. The maximum absolute atomic E-state index is 8.62. The number of aliphatic hydroxyl groups is 1. The zero-order valence-corrected chi connectivity index (χ0v) is 5.67. The van der Waals surface area contributed by atoms with Crippen molar-refractivity contribution in [2.24, 2.45) is 0 Å². The molecule has 0 unspecified atom stereocenters. The lowest BCUT2D eigenvalue weighted by Crippen LogP contribution is -1.85. The van der Waals surface area contributed by atoms with Gasteiger partial charge in [-0.3, -0.25) is 0 Å². The van der Waals surface area contributed by atoms with Crippen LogP contribution in [0, 0.1) is 0 Å². The van der Waals surface area contributed by atoms with Crippen molar-refractivity contribution in [3.8, 4) is 0 Å². The lowest BCUT2D eigenvalue weighted by molar-refractivity contribution is 0.277. The zero-order chi connectivity index (χ0) is 7.40. The highest BCUT2D eigenvalue weighted by molar-refractivity contribution is 5.02. The van der Waals surface area contributed by atoms with Gasteiger partial charge in [-0.1, -0.05) is 6.08 Å². The summed E-state index contributed by atoms with van der Waals surface area (Å²) in [5.41, 5.74) is 0.747. The highest BCUT2D eigenvalue weighted by atomic mass is 16.3. The molecule has 0 bridgehead atoms. The van der Waals surface area contributed by atoms with Crippen molar-refractivity contribution >= 4 is 0 Å². The Kier molecular flexibility index (Phi) is 2.23. The summed E-state index contributed by atoms with van der Waals surface area (Å²) in [7, 11) is 0. The minimum atomic E-state index is 0.0180. The number of hydrogen-bond acceptors (Lipinski definition) is 2. The van der Waals surface area contributed by atoms with Gasteiger partial charge in [0, 0.05) is 6.42 Å². The molecule has 0 saturated heterocycles. The molecule has 0 radical (unpaired) electrons. The quantitative estimate of drug-likeness (QED) is 0.602. The lowest BCUT2D eigenvalue weighted by Gasteiger charge is -1.86. The van der Waals surface area contributed by atoms with E-state index in [0.717, 1.165) is 17.9 Å². The van der Waals surface area contributed by atoms with Gasteiger partial charge >= 0.3 is 0 Å². The van der Waals surface area contributed by atoms with E-state index in [0.29, 0.717) is 0 Å². The third kappa shape index (κ3) is 1.45. The Bertz CT molecular complexity index is 217. The Morgan fingerprint density at radius 2 is 2.60 bits per heavy atom. The summed E-state index contributed by atoms with van der Waals surface area (Å²) in [6.45, 7) is 3.59. The van der Waals surface area contributed by atoms with Gasteiger partial charge in [0.1, 0.15) is 5.82 Å². The first-order valence-corrected chi connectivity index (χ1v) is 3.11. The van der Waals surface area contributed by atoms with Crippen LogP contribution in [0.2, 0.25) is 0 Å². The smallest absolute Gasteiger partial charge is 0.110 e. The fourth-order valence-electron chi connectivity index (χ4n) is 0.727. The molecule has 0 aliphatic rings. The first-order valence-electron chi connectivity index (χ1n) is 3.11. The van der Waals surface area contributed by atoms with Crippen molar-refractivity contribution in [3.05, 3.63) is 30.4 Å². The third-order valence-electron chi connectivity index (χ3n) is 1.19. The van der Waals surface area contributed by atoms with Gasteiger partial charge in [-0.05, 0) is 0 Å². The Balaban J connectivity index is 2.67. The van der Waals surface area contributed by atoms with Crippen molar-refractivity contribution < 1.29 is 5.11 Å². The van der Waals surface area contributed by atoms with Gasteiger partial charge in [-0.25, -0.2) is 4.98 Å². The molecule has 0 aliphatic carbocycles. The van der Waals surface area contributed by atoms with Crippen LogP contribution >= 0.6 is 0 Å². The van der Waals surface area contributed by atoms with Gasteiger partial charge in [0.15, 0.2) is 0 Å². The fourth-order valence-corrected chi connectivity index (χ4v) is 0.727. The van der Waals surface area contributed by atoms with E-state index >= 15 is 0 Å². The molecule has 2 N–H and O–H groups in total. The summed E-state index contributed by atoms with van der Waals surface area (Å²) in [6, 6.07) is 0. The predicted molar refractivity (Wildman–Crippen MR) is 38.4 cm³/mol. The molecule has 0 amide bonds. The summed E-state index contributed by atoms with van der Waals surface area (Å²) in [4.78, 5) is 6.92. The molecule has 0 fully saturated rings. The number of hydrogen-bond donors (Lipinski definition) is 2. The Labute approximate surface area is 59.4 Å². The summed E-state index contributed by atoms with van der Waals surface area (Å²) in [6.07, 6.45) is 4.11. The Morgan fingerprint density at radius 3 is 3.10 bits per heavy atom. The molecule has 1 aromatic heterocycles. The van der Waals surface area contributed by atoms with E-state index in [-0.39, 0.29) is 6.61 Å². The molecule has 0 atom stereocenters. The monoisotopic (exact) mass is 138 g/mol. The molecule has 1 aromatic rings. The topological polar surface area (TPSA) is 48.9 Å². The third-order valence-corrected chi connectivity index (χ3v) is 1.19. The maximum Gasteiger partial charge on any atom is 0.110 e. The number of imidazole rings is 1. The van der Waals surface area contributed by atoms with E-state index in [1.807, 2.05) is 0 Å². The zero-order valence-electron chi connectivity index (χ0n) is 5.67. The molecule has 0 saturated carbocycles. The summed E-state index contributed by atoms with van der Waals surface area (Å²) >= 11 is 0. The van der Waals surface area contributed by atoms with Crippen molar-refractivity contribution in [1.29, 1.82) is 0 Å². The van der Waals surface area contributed by atoms with Crippen LogP contribution in [0.5, 0.6) is 0 Å². The van der Waals surface area contributed by atoms with E-state index in [9.17, 15) is 0 Å². The molecule has 0 spiro atoms. The summed E-state index contributed by atoms with van der Waals surface area (Å²) < 4.78 is 0. The first-order chi connectivity index (χ1) is 4.86. The Hall–Kier alpha value is -1.09. The van der Waals surface area contributed by atoms with Crippen LogP contribution < -0.4 is 0 Å². The van der Waals surface area contributed by atoms with Crippen molar-refractivity contribution in [1.82, 2.24) is 9.97 Å². The molecule has 0 aliphatic heterocycles. The van der Waals surface area contributed by atoms with Gasteiger partial charge in [0.25, 0.3) is 0 Å². The van der Waals surface area contributed by atoms with Crippen molar-refractivity contribution in [3.63, 3.8) is 0 Å². The van der Waals surface area contributed by atoms with Gasteiger partial charge in [0.05, 0.1) is 18.5 Å². The first kappa shape index (κ1) is 7.02. The van der Waals surface area contributed by atoms with E-state index in [1.165, 1.54) is 0 Å². The average Bonchev–Trinajstić information content (AvgIpc) is 2.37. The molecule has 3 heteroatoms. The molecule has 0 aromatic carbocycles. The highest BCUT2D eigenvalue weighted by Gasteiger charge is 1.94. The van der Waals surface area contributed by atoms with E-state index in [4.69, 9.17) is 5.11 Å². The number of aliphatic hydroxyl groups excluding tert-OH is 1. The van der Waals surface area contributed by atoms with Gasteiger partial charge < -0.3 is 10.1 Å². The number of nitrogens with zero attached hydrogens (tertiary/aromatic N) is 1. The average molecular weight is 138 g/mol. The second-order valence-corrected chi connectivity index (χ2v) is 2.01. The van der Waals surface area contributed by atoms with Crippen LogP contribution in [0.15, 0.2) is 18.9 Å². The predicted octanol–water partition coefficient (Wildman–Crippen LogP) is 0.630. The number of allylic oxidation sites excluding steroid dienone is 1. The number of nitrogens with one attached hydrogen (secondary N) is 1. The van der Waals surface area contributed by atoms with Crippen molar-refractivity contribution in [2.75, 3.05) is 0 Å². The number of rotatable bonds is 3. The standard InChI is InChI=1S/C7H10N2O/c1-2-3-7-8-4-6(5-10)9-7/h2,4,10H,1,3,5H2,(H,8,9). The van der Waals surface area contributed by atoms with Gasteiger partial charge in [-0.15, -0.1) is 6.58 Å². The minimum absolute atomic E-state index is 0.0180. The molecule has 1 rings (SSSR count). The molecular formula is C7H10N2O. The second-order valence-electron chi connectivity index (χ2n) is 2.01. The van der Waals surface area contributed by atoms with Gasteiger partial charge in [-0.2, -0.15) is 0 Å². The van der Waals surface area contributed by atoms with Gasteiger partial charge in [0.2, 0.25) is 0 Å². The van der Waals surface area contributed by atoms with Crippen LogP contribution in [-0.2, 0) is 13.0 Å². The van der Waals surface area contributed by atoms with E-state index in [2.05, 4.69) is 16.5 Å². The minimum Gasteiger partial charge on any atom is -0.390 e. The second kappa shape index (κ2) is 3.17. The Morgan fingerprint density at radius 1 is 1.80 bits per heavy atom. The SMILES string of the molecule is C=CCc1ncc(CO)[nH]1. The van der Waals surface area contributed by atoms with Crippen LogP contribution in [0.1, 0.15) is 11.5 Å². The molecule has 10 heavy (non-hydrogen) atoms. The van der Waals surface area contributed by atoms with Crippen LogP contribution in [0.4, 0.5) is 0 Å². The van der Waals surface area contributed by atoms with Crippen LogP contribution in [0.25, 0.3) is 0 Å². The maximum atomic E-state index is 8.62. The number of aromatic nitrogens is 2. The van der Waals surface area contributed by atoms with Crippen LogP contribution in [0.3, 0.4) is 0 Å². The number of H-pyrrole nitrogens is 1. The summed E-state index contributed by atoms with van der Waals surface area (Å²) in [5.74, 6) is 0.846. The van der Waals surface area contributed by atoms with E-state index < -0.39 is 0 Å². The highest BCUT2D eigenvalue weighted by Crippen LogP contribution is 1.97. The van der Waals surface area contributed by atoms with Crippen LogP contribution in [-0.4, -0.2) is 15.1 Å². The normalized spacial score (nSPS) is 9.70. The molecule has 3 nitrogen and oxygen atoms in total. The lowest BCUT2D eigenvalue weighted by atomic mass is 10.4.